The fraction of sp³-hybridized carbons (Fsp3) is 0.857. The Balaban J connectivity index is 2.51. The Bertz CT molecular complexity index is 318. The minimum atomic E-state index is -0.475. The lowest BCUT2D eigenvalue weighted by Gasteiger charge is -2.35. The number of Topliss-reactive ketones (excluding diaryl/α,β-unsaturated/α-hetero) is 1. The molecule has 0 N–H and O–H groups in total. The second kappa shape index (κ2) is 5.29. The normalized spacial score (nSPS) is 17.8. The predicted octanol–water partition coefficient (Wildman–Crippen LogP) is 3.00. The van der Waals surface area contributed by atoms with Crippen LogP contribution in [0.3, 0.4) is 0 Å². The summed E-state index contributed by atoms with van der Waals surface area (Å²) in [5.74, 6) is 0.230. The Morgan fingerprint density at radius 1 is 1.17 bits per heavy atom. The van der Waals surface area contributed by atoms with Crippen molar-refractivity contribution >= 4 is 11.9 Å². The molecule has 18 heavy (non-hydrogen) atoms. The first-order chi connectivity index (χ1) is 8.09. The molecule has 1 heterocycles. The lowest BCUT2D eigenvalue weighted by atomic mass is 9.84. The van der Waals surface area contributed by atoms with Crippen molar-refractivity contribution in [2.45, 2.75) is 59.5 Å². The highest BCUT2D eigenvalue weighted by atomic mass is 16.6. The second-order valence-electron chi connectivity index (χ2n) is 6.89. The molecule has 0 atom stereocenters. The largest absolute Gasteiger partial charge is 0.443 e. The highest BCUT2D eigenvalue weighted by Crippen LogP contribution is 2.30. The molecule has 0 saturated carbocycles. The zero-order valence-electron chi connectivity index (χ0n) is 12.2. The van der Waals surface area contributed by atoms with Crippen LogP contribution in [-0.2, 0) is 9.53 Å². The summed E-state index contributed by atoms with van der Waals surface area (Å²) in [6.45, 7) is 11.2. The molecule has 1 amide bonds. The molecule has 4 heteroatoms. The van der Waals surface area contributed by atoms with Gasteiger partial charge in [0.2, 0.25) is 0 Å². The minimum absolute atomic E-state index is 0.113. The molecule has 1 aliphatic heterocycles. The standard InChI is InChI=1S/C14H25NO3/c1-13(2,3)10-14(4,5)18-12(17)15-8-6-11(16)7-9-15/h6-10H2,1-5H3. The van der Waals surface area contributed by atoms with Crippen molar-refractivity contribution in [3.05, 3.63) is 0 Å². The number of ether oxygens (including phenoxy) is 1. The van der Waals surface area contributed by atoms with Gasteiger partial charge in [-0.05, 0) is 25.7 Å². The summed E-state index contributed by atoms with van der Waals surface area (Å²) < 4.78 is 5.56. The van der Waals surface area contributed by atoms with Gasteiger partial charge >= 0.3 is 6.09 Å². The fourth-order valence-corrected chi connectivity index (χ4v) is 2.55. The van der Waals surface area contributed by atoms with Gasteiger partial charge in [0, 0.05) is 25.9 Å². The van der Waals surface area contributed by atoms with Crippen molar-refractivity contribution in [1.82, 2.24) is 4.90 Å². The lowest BCUT2D eigenvalue weighted by molar-refractivity contribution is -0.121. The van der Waals surface area contributed by atoms with Gasteiger partial charge in [-0.15, -0.1) is 0 Å². The van der Waals surface area contributed by atoms with Gasteiger partial charge in [0.1, 0.15) is 11.4 Å². The molecule has 0 aromatic heterocycles. The zero-order valence-corrected chi connectivity index (χ0v) is 12.2. The second-order valence-corrected chi connectivity index (χ2v) is 6.89. The van der Waals surface area contributed by atoms with Crippen molar-refractivity contribution in [2.24, 2.45) is 5.41 Å². The predicted molar refractivity (Wildman–Crippen MR) is 70.4 cm³/mol. The maximum atomic E-state index is 12.0. The Kier molecular flexibility index (Phi) is 4.41. The van der Waals surface area contributed by atoms with Crippen molar-refractivity contribution in [3.8, 4) is 0 Å². The number of hydrogen-bond donors (Lipinski definition) is 0. The van der Waals surface area contributed by atoms with E-state index in [0.717, 1.165) is 6.42 Å². The molecule has 0 unspecified atom stereocenters. The first kappa shape index (κ1) is 15.0. The smallest absolute Gasteiger partial charge is 0.410 e. The van der Waals surface area contributed by atoms with E-state index in [9.17, 15) is 9.59 Å². The maximum absolute atomic E-state index is 12.0. The van der Waals surface area contributed by atoms with Gasteiger partial charge < -0.3 is 9.64 Å². The van der Waals surface area contributed by atoms with Gasteiger partial charge in [-0.2, -0.15) is 0 Å². The molecule has 4 nitrogen and oxygen atoms in total. The van der Waals surface area contributed by atoms with Gasteiger partial charge in [0.25, 0.3) is 0 Å². The summed E-state index contributed by atoms with van der Waals surface area (Å²) in [5.41, 5.74) is -0.363. The van der Waals surface area contributed by atoms with Crippen LogP contribution in [0.1, 0.15) is 53.9 Å². The number of hydrogen-bond acceptors (Lipinski definition) is 3. The van der Waals surface area contributed by atoms with Gasteiger partial charge in [0.05, 0.1) is 0 Å². The Morgan fingerprint density at radius 2 is 1.67 bits per heavy atom. The summed E-state index contributed by atoms with van der Waals surface area (Å²) in [7, 11) is 0. The van der Waals surface area contributed by atoms with Gasteiger partial charge in [0.15, 0.2) is 0 Å². The number of rotatable bonds is 2. The van der Waals surface area contributed by atoms with Crippen molar-refractivity contribution in [3.63, 3.8) is 0 Å². The van der Waals surface area contributed by atoms with E-state index in [-0.39, 0.29) is 17.3 Å². The number of ketones is 1. The molecule has 104 valence electrons. The van der Waals surface area contributed by atoms with Crippen LogP contribution in [0.25, 0.3) is 0 Å². The molecular formula is C14H25NO3. The summed E-state index contributed by atoms with van der Waals surface area (Å²) in [4.78, 5) is 24.8. The number of carbonyl (C=O) groups excluding carboxylic acids is 2. The topological polar surface area (TPSA) is 46.6 Å². The van der Waals surface area contributed by atoms with E-state index in [0.29, 0.717) is 25.9 Å². The molecule has 1 aliphatic rings. The van der Waals surface area contributed by atoms with Crippen LogP contribution < -0.4 is 0 Å². The average molecular weight is 255 g/mol. The van der Waals surface area contributed by atoms with Crippen molar-refractivity contribution < 1.29 is 14.3 Å². The highest BCUT2D eigenvalue weighted by molar-refractivity contribution is 5.81. The fourth-order valence-electron chi connectivity index (χ4n) is 2.55. The number of piperidine rings is 1. The first-order valence-corrected chi connectivity index (χ1v) is 6.59. The summed E-state index contributed by atoms with van der Waals surface area (Å²) >= 11 is 0. The number of amides is 1. The summed E-state index contributed by atoms with van der Waals surface area (Å²) in [5, 5.41) is 0. The third kappa shape index (κ3) is 5.07. The van der Waals surface area contributed by atoms with Crippen LogP contribution in [0.4, 0.5) is 4.79 Å². The van der Waals surface area contributed by atoms with E-state index in [1.165, 1.54) is 0 Å². The van der Waals surface area contributed by atoms with Crippen LogP contribution in [0.15, 0.2) is 0 Å². The third-order valence-corrected chi connectivity index (χ3v) is 2.90. The van der Waals surface area contributed by atoms with Crippen LogP contribution in [0.2, 0.25) is 0 Å². The van der Waals surface area contributed by atoms with Crippen LogP contribution in [0, 0.1) is 5.41 Å². The molecule has 0 aromatic carbocycles. The van der Waals surface area contributed by atoms with Crippen LogP contribution in [-0.4, -0.2) is 35.5 Å². The maximum Gasteiger partial charge on any atom is 0.410 e. The van der Waals surface area contributed by atoms with E-state index >= 15 is 0 Å². The molecule has 0 bridgehead atoms. The van der Waals surface area contributed by atoms with Gasteiger partial charge in [-0.1, -0.05) is 20.8 Å². The van der Waals surface area contributed by atoms with Gasteiger partial charge in [-0.25, -0.2) is 4.79 Å². The highest BCUT2D eigenvalue weighted by Gasteiger charge is 2.31. The molecule has 0 aliphatic carbocycles. The van der Waals surface area contributed by atoms with Crippen molar-refractivity contribution in [1.29, 1.82) is 0 Å². The quantitative estimate of drug-likeness (QED) is 0.762. The monoisotopic (exact) mass is 255 g/mol. The Hall–Kier alpha value is -1.06. The van der Waals surface area contributed by atoms with E-state index in [2.05, 4.69) is 20.8 Å². The van der Waals surface area contributed by atoms with E-state index in [4.69, 9.17) is 4.74 Å². The Morgan fingerprint density at radius 3 is 2.11 bits per heavy atom. The van der Waals surface area contributed by atoms with Crippen LogP contribution >= 0.6 is 0 Å². The molecule has 0 spiro atoms. The molecule has 1 rings (SSSR count). The zero-order chi connectivity index (χ0) is 14.0. The first-order valence-electron chi connectivity index (χ1n) is 6.59. The van der Waals surface area contributed by atoms with E-state index in [1.807, 2.05) is 13.8 Å². The van der Waals surface area contributed by atoms with E-state index < -0.39 is 5.60 Å². The number of carbonyl (C=O) groups is 2. The van der Waals surface area contributed by atoms with Gasteiger partial charge in [-0.3, -0.25) is 4.79 Å². The summed E-state index contributed by atoms with van der Waals surface area (Å²) in [6.07, 6.45) is 1.42. The lowest BCUT2D eigenvalue weighted by Crippen LogP contribution is -2.43. The third-order valence-electron chi connectivity index (χ3n) is 2.90. The number of nitrogens with zero attached hydrogens (tertiary/aromatic N) is 1. The van der Waals surface area contributed by atoms with Crippen molar-refractivity contribution in [2.75, 3.05) is 13.1 Å². The summed E-state index contributed by atoms with van der Waals surface area (Å²) in [6, 6.07) is 0. The minimum Gasteiger partial charge on any atom is -0.443 e. The molecule has 1 saturated heterocycles. The SMILES string of the molecule is CC(C)(C)CC(C)(C)OC(=O)N1CCC(=O)CC1. The molecule has 0 radical (unpaired) electrons. The van der Waals surface area contributed by atoms with E-state index in [1.54, 1.807) is 4.90 Å². The number of likely N-dealkylation sites (tertiary alicyclic amines) is 1. The molecule has 0 aromatic rings. The Labute approximate surface area is 110 Å². The molecule has 1 fully saturated rings. The average Bonchev–Trinajstić information content (AvgIpc) is 2.13. The molecular weight excluding hydrogens is 230 g/mol. The van der Waals surface area contributed by atoms with Crippen LogP contribution in [0.5, 0.6) is 0 Å².